The Kier molecular flexibility index (Phi) is 3.11. The van der Waals surface area contributed by atoms with Crippen molar-refractivity contribution in [3.05, 3.63) is 23.5 Å². The number of ether oxygens (including phenoxy) is 1. The van der Waals surface area contributed by atoms with Crippen LogP contribution in [0.4, 0.5) is 0 Å². The first-order valence-electron chi connectivity index (χ1n) is 4.67. The van der Waals surface area contributed by atoms with Gasteiger partial charge in [-0.1, -0.05) is 19.9 Å². The molecule has 1 unspecified atom stereocenters. The smallest absolute Gasteiger partial charge is 0.297 e. The normalized spacial score (nSPS) is 31.0. The molecule has 78 valence electrons. The second-order valence-corrected chi connectivity index (χ2v) is 4.02. The molecule has 3 heteroatoms. The maximum absolute atomic E-state index is 10.1. The average molecular weight is 196 g/mol. The lowest BCUT2D eigenvalue weighted by molar-refractivity contribution is -0.123. The van der Waals surface area contributed by atoms with E-state index < -0.39 is 6.10 Å². The minimum atomic E-state index is -0.407. The highest BCUT2D eigenvalue weighted by atomic mass is 16.5. The van der Waals surface area contributed by atoms with E-state index in [-0.39, 0.29) is 5.41 Å². The minimum Gasteiger partial charge on any atom is -0.436 e. The van der Waals surface area contributed by atoms with E-state index in [4.69, 9.17) is 0 Å². The third-order valence-corrected chi connectivity index (χ3v) is 2.84. The maximum Gasteiger partial charge on any atom is 0.297 e. The summed E-state index contributed by atoms with van der Waals surface area (Å²) >= 11 is 0. The van der Waals surface area contributed by atoms with Gasteiger partial charge in [-0.15, -0.1) is 0 Å². The van der Waals surface area contributed by atoms with Gasteiger partial charge >= 0.3 is 0 Å². The van der Waals surface area contributed by atoms with Crippen molar-refractivity contribution in [1.82, 2.24) is 0 Å². The van der Waals surface area contributed by atoms with Crippen LogP contribution in [-0.4, -0.2) is 17.7 Å². The third kappa shape index (κ3) is 1.73. The molecular formula is C11H16O3. The Bertz CT molecular complexity index is 287. The number of rotatable bonds is 2. The van der Waals surface area contributed by atoms with Gasteiger partial charge in [-0.2, -0.15) is 0 Å². The Morgan fingerprint density at radius 3 is 2.71 bits per heavy atom. The molecule has 0 spiro atoms. The van der Waals surface area contributed by atoms with Gasteiger partial charge in [0.25, 0.3) is 6.47 Å². The highest BCUT2D eigenvalue weighted by molar-refractivity contribution is 5.44. The first kappa shape index (κ1) is 11.0. The van der Waals surface area contributed by atoms with Crippen LogP contribution >= 0.6 is 0 Å². The Morgan fingerprint density at radius 1 is 1.57 bits per heavy atom. The van der Waals surface area contributed by atoms with E-state index >= 15 is 0 Å². The molecule has 14 heavy (non-hydrogen) atoms. The zero-order valence-electron chi connectivity index (χ0n) is 8.78. The number of allylic oxidation sites excluding steroid dienone is 1. The van der Waals surface area contributed by atoms with E-state index in [1.54, 1.807) is 0 Å². The molecule has 1 N–H and O–H groups in total. The quantitative estimate of drug-likeness (QED) is 0.541. The number of carbonyl (C=O) groups excluding carboxylic acids is 1. The van der Waals surface area contributed by atoms with Crippen LogP contribution in [0.3, 0.4) is 0 Å². The predicted molar refractivity (Wildman–Crippen MR) is 53.4 cm³/mol. The van der Waals surface area contributed by atoms with E-state index in [1.165, 1.54) is 6.26 Å². The second kappa shape index (κ2) is 3.96. The van der Waals surface area contributed by atoms with Crippen molar-refractivity contribution in [2.45, 2.75) is 33.3 Å². The summed E-state index contributed by atoms with van der Waals surface area (Å²) in [6.45, 7) is 6.27. The molecule has 1 atom stereocenters. The van der Waals surface area contributed by atoms with E-state index in [1.807, 2.05) is 26.8 Å². The van der Waals surface area contributed by atoms with Crippen LogP contribution < -0.4 is 0 Å². The van der Waals surface area contributed by atoms with Gasteiger partial charge in [0.15, 0.2) is 0 Å². The number of carbonyl (C=O) groups is 1. The molecular weight excluding hydrogens is 180 g/mol. The van der Waals surface area contributed by atoms with Crippen molar-refractivity contribution in [2.75, 3.05) is 0 Å². The van der Waals surface area contributed by atoms with Crippen molar-refractivity contribution >= 4 is 6.47 Å². The van der Waals surface area contributed by atoms with Crippen LogP contribution in [0.5, 0.6) is 0 Å². The summed E-state index contributed by atoms with van der Waals surface area (Å²) in [6.07, 6.45) is 3.51. The molecule has 0 aromatic carbocycles. The summed E-state index contributed by atoms with van der Waals surface area (Å²) in [5.74, 6) is 0. The zero-order chi connectivity index (χ0) is 10.8. The van der Waals surface area contributed by atoms with Gasteiger partial charge in [0.1, 0.15) is 0 Å². The summed E-state index contributed by atoms with van der Waals surface area (Å²) in [7, 11) is 0. The van der Waals surface area contributed by atoms with E-state index in [2.05, 4.69) is 4.74 Å². The Labute approximate surface area is 84.1 Å². The molecule has 0 bridgehead atoms. The largest absolute Gasteiger partial charge is 0.436 e. The molecule has 0 radical (unpaired) electrons. The zero-order valence-corrected chi connectivity index (χ0v) is 8.78. The van der Waals surface area contributed by atoms with Crippen LogP contribution in [0.2, 0.25) is 0 Å². The molecule has 1 aliphatic rings. The lowest BCUT2D eigenvalue weighted by atomic mass is 9.84. The molecule has 0 saturated heterocycles. The molecule has 0 heterocycles. The van der Waals surface area contributed by atoms with Crippen LogP contribution in [0.1, 0.15) is 27.2 Å². The van der Waals surface area contributed by atoms with Crippen LogP contribution in [0, 0.1) is 5.41 Å². The van der Waals surface area contributed by atoms with E-state index in [0.717, 1.165) is 11.1 Å². The van der Waals surface area contributed by atoms with Gasteiger partial charge in [0.2, 0.25) is 0 Å². The molecule has 0 aromatic heterocycles. The van der Waals surface area contributed by atoms with Gasteiger partial charge in [-0.3, -0.25) is 4.79 Å². The number of hydrogen-bond acceptors (Lipinski definition) is 3. The number of hydrogen-bond donors (Lipinski definition) is 1. The summed E-state index contributed by atoms with van der Waals surface area (Å²) in [5, 5.41) is 9.80. The van der Waals surface area contributed by atoms with Crippen molar-refractivity contribution < 1.29 is 14.6 Å². The molecule has 0 amide bonds. The van der Waals surface area contributed by atoms with Crippen LogP contribution in [-0.2, 0) is 9.53 Å². The topological polar surface area (TPSA) is 46.5 Å². The molecule has 1 fully saturated rings. The van der Waals surface area contributed by atoms with Crippen molar-refractivity contribution in [2.24, 2.45) is 5.41 Å². The summed E-state index contributed by atoms with van der Waals surface area (Å²) in [5.41, 5.74) is 1.69. The highest BCUT2D eigenvalue weighted by Crippen LogP contribution is 2.45. The van der Waals surface area contributed by atoms with Crippen molar-refractivity contribution in [3.8, 4) is 0 Å². The van der Waals surface area contributed by atoms with Crippen molar-refractivity contribution in [3.63, 3.8) is 0 Å². The third-order valence-electron chi connectivity index (χ3n) is 2.84. The van der Waals surface area contributed by atoms with E-state index in [9.17, 15) is 9.90 Å². The maximum atomic E-state index is 10.1. The fourth-order valence-corrected chi connectivity index (χ4v) is 1.95. The van der Waals surface area contributed by atoms with Gasteiger partial charge in [0.05, 0.1) is 12.4 Å². The van der Waals surface area contributed by atoms with E-state index in [0.29, 0.717) is 12.9 Å². The van der Waals surface area contributed by atoms with Gasteiger partial charge < -0.3 is 9.84 Å². The SMILES string of the molecule is C/C=C1/C(=C\OC=O)CC(O)C1(C)C. The van der Waals surface area contributed by atoms with Gasteiger partial charge in [-0.05, 0) is 18.1 Å². The molecule has 0 aliphatic heterocycles. The van der Waals surface area contributed by atoms with Crippen LogP contribution in [0.15, 0.2) is 23.5 Å². The highest BCUT2D eigenvalue weighted by Gasteiger charge is 2.40. The van der Waals surface area contributed by atoms with Gasteiger partial charge in [-0.25, -0.2) is 0 Å². The average Bonchev–Trinajstić information content (AvgIpc) is 2.34. The fraction of sp³-hybridized carbons (Fsp3) is 0.545. The fourth-order valence-electron chi connectivity index (χ4n) is 1.95. The lowest BCUT2D eigenvalue weighted by Crippen LogP contribution is -2.23. The van der Waals surface area contributed by atoms with Gasteiger partial charge in [0, 0.05) is 11.8 Å². The predicted octanol–water partition coefficient (Wildman–Crippen LogP) is 1.78. The molecule has 1 aliphatic carbocycles. The summed E-state index contributed by atoms with van der Waals surface area (Å²) < 4.78 is 4.60. The Hall–Kier alpha value is -1.09. The molecule has 1 saturated carbocycles. The summed E-state index contributed by atoms with van der Waals surface area (Å²) in [4.78, 5) is 10.1. The van der Waals surface area contributed by atoms with Crippen molar-refractivity contribution in [1.29, 1.82) is 0 Å². The lowest BCUT2D eigenvalue weighted by Gasteiger charge is -2.23. The first-order valence-corrected chi connectivity index (χ1v) is 4.67. The monoisotopic (exact) mass is 196 g/mol. The first-order chi connectivity index (χ1) is 6.54. The Morgan fingerprint density at radius 2 is 2.21 bits per heavy atom. The standard InChI is InChI=1S/C11H16O3/c1-4-9-8(6-14-7-12)5-10(13)11(9,2)3/h4,6-7,10,13H,5H2,1-3H3/b8-6-,9-4-. The number of aliphatic hydroxyl groups is 1. The summed E-state index contributed by atoms with van der Waals surface area (Å²) in [6, 6.07) is 0. The second-order valence-electron chi connectivity index (χ2n) is 4.02. The molecule has 3 nitrogen and oxygen atoms in total. The van der Waals surface area contributed by atoms with Crippen LogP contribution in [0.25, 0.3) is 0 Å². The number of aliphatic hydroxyl groups excluding tert-OH is 1. The Balaban J connectivity index is 2.98. The molecule has 0 aromatic rings. The molecule has 1 rings (SSSR count). The minimum absolute atomic E-state index is 0.257.